The molecule has 0 aliphatic rings. The number of aryl methyl sites for hydroxylation is 1. The third kappa shape index (κ3) is 3.23. The van der Waals surface area contributed by atoms with E-state index >= 15 is 0 Å². The Bertz CT molecular complexity index is 747. The number of anilines is 2. The summed E-state index contributed by atoms with van der Waals surface area (Å²) in [4.78, 5) is 3.78. The number of nitrogens with two attached hydrogens (primary N) is 1. The zero-order chi connectivity index (χ0) is 15.5. The highest BCUT2D eigenvalue weighted by Gasteiger charge is 2.19. The van der Waals surface area contributed by atoms with E-state index in [1.54, 1.807) is 25.3 Å². The molecule has 0 radical (unpaired) electrons. The predicted molar refractivity (Wildman–Crippen MR) is 80.6 cm³/mol. The van der Waals surface area contributed by atoms with Gasteiger partial charge in [-0.1, -0.05) is 0 Å². The zero-order valence-electron chi connectivity index (χ0n) is 11.6. The van der Waals surface area contributed by atoms with Gasteiger partial charge in [0.1, 0.15) is 10.6 Å². The number of hydrazine groups is 1. The average Bonchev–Trinajstić information content (AvgIpc) is 2.47. The molecule has 21 heavy (non-hydrogen) atoms. The zero-order valence-corrected chi connectivity index (χ0v) is 12.4. The van der Waals surface area contributed by atoms with E-state index in [2.05, 4.69) is 15.1 Å². The van der Waals surface area contributed by atoms with Gasteiger partial charge >= 0.3 is 0 Å². The second-order valence-electron chi connectivity index (χ2n) is 4.31. The molecule has 0 spiro atoms. The summed E-state index contributed by atoms with van der Waals surface area (Å²) in [7, 11) is -2.23. The van der Waals surface area contributed by atoms with Crippen LogP contribution in [0.3, 0.4) is 0 Å². The second kappa shape index (κ2) is 5.98. The summed E-state index contributed by atoms with van der Waals surface area (Å²) >= 11 is 0. The first-order valence-corrected chi connectivity index (χ1v) is 7.54. The lowest BCUT2D eigenvalue weighted by atomic mass is 10.2. The van der Waals surface area contributed by atoms with Crippen LogP contribution in [0.5, 0.6) is 5.75 Å². The van der Waals surface area contributed by atoms with Gasteiger partial charge in [-0.2, -0.15) is 0 Å². The Hall–Kier alpha value is -2.32. The molecule has 112 valence electrons. The van der Waals surface area contributed by atoms with Crippen molar-refractivity contribution in [3.63, 3.8) is 0 Å². The first kappa shape index (κ1) is 15.1. The summed E-state index contributed by atoms with van der Waals surface area (Å²) in [6.07, 6.45) is 2.68. The van der Waals surface area contributed by atoms with Gasteiger partial charge < -0.3 is 10.2 Å². The Labute approximate surface area is 123 Å². The third-order valence-corrected chi connectivity index (χ3v) is 4.29. The van der Waals surface area contributed by atoms with E-state index in [1.807, 2.05) is 6.92 Å². The number of pyridine rings is 1. The molecule has 1 heterocycles. The maximum atomic E-state index is 12.4. The summed E-state index contributed by atoms with van der Waals surface area (Å²) in [6, 6.07) is 6.48. The molecule has 1 aromatic carbocycles. The van der Waals surface area contributed by atoms with Gasteiger partial charge in [-0.05, 0) is 36.8 Å². The van der Waals surface area contributed by atoms with Crippen molar-refractivity contribution in [2.45, 2.75) is 11.8 Å². The van der Waals surface area contributed by atoms with E-state index in [0.29, 0.717) is 11.4 Å². The highest BCUT2D eigenvalue weighted by molar-refractivity contribution is 7.92. The van der Waals surface area contributed by atoms with Crippen molar-refractivity contribution in [1.82, 2.24) is 4.98 Å². The molecule has 0 saturated heterocycles. The fourth-order valence-corrected chi connectivity index (χ4v) is 3.03. The molecule has 0 amide bonds. The minimum absolute atomic E-state index is 0.0269. The van der Waals surface area contributed by atoms with Crippen LogP contribution in [0.25, 0.3) is 0 Å². The van der Waals surface area contributed by atoms with Crippen LogP contribution in [-0.2, 0) is 10.0 Å². The normalized spacial score (nSPS) is 11.0. The predicted octanol–water partition coefficient (Wildman–Crippen LogP) is 1.49. The molecule has 0 atom stereocenters. The Kier molecular flexibility index (Phi) is 4.29. The van der Waals surface area contributed by atoms with E-state index in [4.69, 9.17) is 10.6 Å². The second-order valence-corrected chi connectivity index (χ2v) is 5.96. The Morgan fingerprint density at radius 2 is 2.05 bits per heavy atom. The number of rotatable bonds is 5. The van der Waals surface area contributed by atoms with Crippen molar-refractivity contribution in [1.29, 1.82) is 0 Å². The molecule has 0 unspecified atom stereocenters. The summed E-state index contributed by atoms with van der Waals surface area (Å²) in [6.45, 7) is 1.83. The number of hydrogen-bond donors (Lipinski definition) is 3. The number of nitrogens with zero attached hydrogens (tertiary/aromatic N) is 1. The summed E-state index contributed by atoms with van der Waals surface area (Å²) < 4.78 is 32.4. The van der Waals surface area contributed by atoms with E-state index in [9.17, 15) is 8.42 Å². The molecule has 2 rings (SSSR count). The quantitative estimate of drug-likeness (QED) is 0.570. The maximum absolute atomic E-state index is 12.4. The largest absolute Gasteiger partial charge is 0.496 e. The monoisotopic (exact) mass is 308 g/mol. The van der Waals surface area contributed by atoms with Gasteiger partial charge in [-0.15, -0.1) is 0 Å². The minimum Gasteiger partial charge on any atom is -0.496 e. The maximum Gasteiger partial charge on any atom is 0.265 e. The van der Waals surface area contributed by atoms with Crippen LogP contribution >= 0.6 is 0 Å². The van der Waals surface area contributed by atoms with Crippen LogP contribution in [-0.4, -0.2) is 20.5 Å². The first-order chi connectivity index (χ1) is 9.97. The highest BCUT2D eigenvalue weighted by atomic mass is 32.2. The molecule has 2 aromatic rings. The summed E-state index contributed by atoms with van der Waals surface area (Å²) in [5.74, 6) is 6.00. The lowest BCUT2D eigenvalue weighted by molar-refractivity contribution is 0.412. The molecule has 0 saturated carbocycles. The number of nitrogen functional groups attached to an aromatic ring is 1. The van der Waals surface area contributed by atoms with Gasteiger partial charge in [-0.25, -0.2) is 8.42 Å². The Balaban J connectivity index is 2.35. The number of nitrogens with one attached hydrogen (secondary N) is 2. The van der Waals surface area contributed by atoms with Crippen molar-refractivity contribution in [2.75, 3.05) is 17.3 Å². The molecule has 4 N–H and O–H groups in total. The van der Waals surface area contributed by atoms with Gasteiger partial charge in [0, 0.05) is 18.1 Å². The van der Waals surface area contributed by atoms with E-state index < -0.39 is 10.0 Å². The van der Waals surface area contributed by atoms with Crippen molar-refractivity contribution in [2.24, 2.45) is 5.84 Å². The van der Waals surface area contributed by atoms with Crippen LogP contribution in [0.15, 0.2) is 41.6 Å². The van der Waals surface area contributed by atoms with E-state index in [0.717, 1.165) is 5.56 Å². The number of benzene rings is 1. The van der Waals surface area contributed by atoms with Crippen molar-refractivity contribution >= 4 is 21.4 Å². The summed E-state index contributed by atoms with van der Waals surface area (Å²) in [5.41, 5.74) is 3.86. The molecular formula is C13H16N4O3S. The van der Waals surface area contributed by atoms with Crippen molar-refractivity contribution < 1.29 is 13.2 Å². The molecular weight excluding hydrogens is 292 g/mol. The Morgan fingerprint density at radius 3 is 2.67 bits per heavy atom. The highest BCUT2D eigenvalue weighted by Crippen LogP contribution is 2.25. The van der Waals surface area contributed by atoms with Gasteiger partial charge in [0.25, 0.3) is 10.0 Å². The number of aromatic nitrogens is 1. The van der Waals surface area contributed by atoms with Crippen LogP contribution < -0.4 is 20.7 Å². The van der Waals surface area contributed by atoms with Crippen LogP contribution in [0.2, 0.25) is 0 Å². The Morgan fingerprint density at radius 1 is 1.29 bits per heavy atom. The van der Waals surface area contributed by atoms with Gasteiger partial charge in [0.05, 0.1) is 12.8 Å². The minimum atomic E-state index is -3.79. The SMILES string of the molecule is COc1ccc(NS(=O)(=O)c2cnccc2NN)cc1C. The molecule has 0 bridgehead atoms. The van der Waals surface area contributed by atoms with Crippen LogP contribution in [0.1, 0.15) is 5.56 Å². The number of methoxy groups -OCH3 is 1. The third-order valence-electron chi connectivity index (χ3n) is 2.88. The van der Waals surface area contributed by atoms with Gasteiger partial charge in [0.2, 0.25) is 0 Å². The lowest BCUT2D eigenvalue weighted by Crippen LogP contribution is -2.17. The molecule has 0 aliphatic carbocycles. The van der Waals surface area contributed by atoms with E-state index in [1.165, 1.54) is 18.5 Å². The number of ether oxygens (including phenoxy) is 1. The van der Waals surface area contributed by atoms with Gasteiger partial charge in [-0.3, -0.25) is 15.5 Å². The van der Waals surface area contributed by atoms with Crippen molar-refractivity contribution in [3.8, 4) is 5.75 Å². The number of hydrogen-bond acceptors (Lipinski definition) is 6. The molecule has 7 nitrogen and oxygen atoms in total. The average molecular weight is 308 g/mol. The summed E-state index contributed by atoms with van der Waals surface area (Å²) in [5, 5.41) is 0. The molecule has 1 aromatic heterocycles. The lowest BCUT2D eigenvalue weighted by Gasteiger charge is -2.12. The topological polar surface area (TPSA) is 106 Å². The fraction of sp³-hybridized carbons (Fsp3) is 0.154. The number of sulfonamides is 1. The first-order valence-electron chi connectivity index (χ1n) is 6.06. The van der Waals surface area contributed by atoms with Gasteiger partial charge in [0.15, 0.2) is 0 Å². The van der Waals surface area contributed by atoms with Crippen LogP contribution in [0, 0.1) is 6.92 Å². The molecule has 0 aliphatic heterocycles. The molecule has 0 fully saturated rings. The van der Waals surface area contributed by atoms with Crippen LogP contribution in [0.4, 0.5) is 11.4 Å². The molecule has 8 heteroatoms. The standard InChI is InChI=1S/C13H16N4O3S/c1-9-7-10(3-4-12(9)20-2)17-21(18,19)13-8-15-6-5-11(13)16-14/h3-8,17H,14H2,1-2H3,(H,15,16). The van der Waals surface area contributed by atoms with Crippen molar-refractivity contribution in [3.05, 3.63) is 42.2 Å². The fourth-order valence-electron chi connectivity index (χ4n) is 1.87. The smallest absolute Gasteiger partial charge is 0.265 e. The van der Waals surface area contributed by atoms with E-state index in [-0.39, 0.29) is 10.6 Å².